The summed E-state index contributed by atoms with van der Waals surface area (Å²) in [5.74, 6) is 1.42. The van der Waals surface area contributed by atoms with Crippen LogP contribution in [-0.4, -0.2) is 36.5 Å². The van der Waals surface area contributed by atoms with E-state index in [2.05, 4.69) is 46.3 Å². The zero-order chi connectivity index (χ0) is 19.3. The Morgan fingerprint density at radius 2 is 1.79 bits per heavy atom. The lowest BCUT2D eigenvalue weighted by Gasteiger charge is -2.07. The Morgan fingerprint density at radius 1 is 0.929 bits per heavy atom. The molecule has 0 aliphatic heterocycles. The molecule has 7 nitrogen and oxygen atoms in total. The van der Waals surface area contributed by atoms with Gasteiger partial charge in [0, 0.05) is 0 Å². The summed E-state index contributed by atoms with van der Waals surface area (Å²) in [6, 6.07) is 14.0. The van der Waals surface area contributed by atoms with E-state index in [1.807, 2.05) is 39.4 Å². The first-order chi connectivity index (χ1) is 13.7. The second-order valence-electron chi connectivity index (χ2n) is 6.72. The summed E-state index contributed by atoms with van der Waals surface area (Å²) < 4.78 is 9.17. The molecular weight excluding hydrogens is 352 g/mol. The Hall–Kier alpha value is -3.74. The van der Waals surface area contributed by atoms with Gasteiger partial charge >= 0.3 is 0 Å². The number of aryl methyl sites for hydroxylation is 2. The first-order valence-corrected chi connectivity index (χ1v) is 8.96. The van der Waals surface area contributed by atoms with E-state index in [1.54, 1.807) is 19.6 Å². The first kappa shape index (κ1) is 16.4. The molecule has 0 N–H and O–H groups in total. The highest BCUT2D eigenvalue weighted by Crippen LogP contribution is 2.30. The van der Waals surface area contributed by atoms with Gasteiger partial charge in [-0.2, -0.15) is 5.10 Å². The Morgan fingerprint density at radius 3 is 2.61 bits per heavy atom. The molecule has 0 radical (unpaired) electrons. The van der Waals surface area contributed by atoms with Crippen molar-refractivity contribution in [2.75, 3.05) is 7.11 Å². The van der Waals surface area contributed by atoms with Gasteiger partial charge in [0.25, 0.3) is 0 Å². The Kier molecular flexibility index (Phi) is 3.61. The summed E-state index contributed by atoms with van der Waals surface area (Å²) in [6.45, 7) is 4.19. The normalized spacial score (nSPS) is 11.4. The number of hydrogen-bond acceptors (Lipinski definition) is 5. The highest BCUT2D eigenvalue weighted by atomic mass is 16.5. The smallest absolute Gasteiger partial charge is 0.175 e. The van der Waals surface area contributed by atoms with Gasteiger partial charge in [-0.15, -0.1) is 10.2 Å². The van der Waals surface area contributed by atoms with E-state index in [9.17, 15) is 0 Å². The lowest BCUT2D eigenvalue weighted by Crippen LogP contribution is -2.00. The molecule has 0 atom stereocenters. The SMILES string of the molecule is COc1ccccc1-c1nnc2c3cnn(-c4ccc(C)c(C)c4)c3ncn12. The molecule has 7 heteroatoms. The molecule has 3 heterocycles. The molecule has 0 aliphatic carbocycles. The third-order valence-corrected chi connectivity index (χ3v) is 5.06. The van der Waals surface area contributed by atoms with Gasteiger partial charge in [-0.25, -0.2) is 9.67 Å². The number of para-hydroxylation sites is 1. The highest BCUT2D eigenvalue weighted by molar-refractivity contribution is 5.90. The van der Waals surface area contributed by atoms with Crippen LogP contribution in [0.2, 0.25) is 0 Å². The van der Waals surface area contributed by atoms with Crippen LogP contribution < -0.4 is 4.74 Å². The number of rotatable bonds is 3. The molecule has 0 saturated carbocycles. The van der Waals surface area contributed by atoms with Crippen molar-refractivity contribution in [1.29, 1.82) is 0 Å². The molecule has 3 aromatic heterocycles. The maximum atomic E-state index is 5.47. The minimum absolute atomic E-state index is 0.681. The van der Waals surface area contributed by atoms with E-state index < -0.39 is 0 Å². The number of benzene rings is 2. The molecule has 0 amide bonds. The molecule has 28 heavy (non-hydrogen) atoms. The van der Waals surface area contributed by atoms with Crippen LogP contribution in [0.1, 0.15) is 11.1 Å². The topological polar surface area (TPSA) is 70.1 Å². The molecule has 0 bridgehead atoms. The molecule has 0 fully saturated rings. The van der Waals surface area contributed by atoms with Crippen molar-refractivity contribution in [2.45, 2.75) is 13.8 Å². The first-order valence-electron chi connectivity index (χ1n) is 8.96. The van der Waals surface area contributed by atoms with Gasteiger partial charge in [-0.3, -0.25) is 4.40 Å². The molecule has 0 spiro atoms. The van der Waals surface area contributed by atoms with E-state index in [0.717, 1.165) is 28.0 Å². The van der Waals surface area contributed by atoms with Gasteiger partial charge in [-0.05, 0) is 49.2 Å². The number of hydrogen-bond donors (Lipinski definition) is 0. The minimum Gasteiger partial charge on any atom is -0.496 e. The van der Waals surface area contributed by atoms with Gasteiger partial charge in [-0.1, -0.05) is 18.2 Å². The summed E-state index contributed by atoms with van der Waals surface area (Å²) in [5, 5.41) is 14.2. The van der Waals surface area contributed by atoms with Crippen LogP contribution in [0.15, 0.2) is 55.0 Å². The minimum atomic E-state index is 0.681. The molecule has 5 aromatic rings. The van der Waals surface area contributed by atoms with Crippen molar-refractivity contribution >= 4 is 16.7 Å². The quantitative estimate of drug-likeness (QED) is 0.484. The fourth-order valence-corrected chi connectivity index (χ4v) is 3.38. The average Bonchev–Trinajstić information content (AvgIpc) is 3.34. The summed E-state index contributed by atoms with van der Waals surface area (Å²) in [4.78, 5) is 4.65. The molecule has 5 rings (SSSR count). The summed E-state index contributed by atoms with van der Waals surface area (Å²) >= 11 is 0. The third-order valence-electron chi connectivity index (χ3n) is 5.06. The van der Waals surface area contributed by atoms with Gasteiger partial charge in [0.1, 0.15) is 12.1 Å². The second kappa shape index (κ2) is 6.16. The van der Waals surface area contributed by atoms with Crippen molar-refractivity contribution in [3.05, 3.63) is 66.1 Å². The Bertz CT molecular complexity index is 1330. The number of aromatic nitrogens is 6. The summed E-state index contributed by atoms with van der Waals surface area (Å²) in [6.07, 6.45) is 3.52. The van der Waals surface area contributed by atoms with Crippen LogP contribution in [0, 0.1) is 13.8 Å². The van der Waals surface area contributed by atoms with E-state index in [-0.39, 0.29) is 0 Å². The molecule has 138 valence electrons. The lowest BCUT2D eigenvalue weighted by atomic mass is 10.1. The zero-order valence-corrected chi connectivity index (χ0v) is 15.8. The van der Waals surface area contributed by atoms with Crippen molar-refractivity contribution in [2.24, 2.45) is 0 Å². The Balaban J connectivity index is 1.71. The van der Waals surface area contributed by atoms with Crippen molar-refractivity contribution in [3.63, 3.8) is 0 Å². The van der Waals surface area contributed by atoms with Crippen LogP contribution in [0.25, 0.3) is 33.8 Å². The monoisotopic (exact) mass is 370 g/mol. The van der Waals surface area contributed by atoms with Crippen LogP contribution in [-0.2, 0) is 0 Å². The molecule has 0 saturated heterocycles. The second-order valence-corrected chi connectivity index (χ2v) is 6.72. The largest absolute Gasteiger partial charge is 0.496 e. The van der Waals surface area contributed by atoms with Crippen molar-refractivity contribution in [1.82, 2.24) is 29.4 Å². The van der Waals surface area contributed by atoms with Crippen LogP contribution in [0.5, 0.6) is 5.75 Å². The van der Waals surface area contributed by atoms with Crippen molar-refractivity contribution < 1.29 is 4.74 Å². The molecular formula is C21H18N6O. The van der Waals surface area contributed by atoms with E-state index in [4.69, 9.17) is 4.74 Å². The number of methoxy groups -OCH3 is 1. The number of ether oxygens (including phenoxy) is 1. The standard InChI is InChI=1S/C21H18N6O/c1-13-8-9-15(10-14(13)2)27-19-17(11-23-27)21-25-24-20(26(21)12-22-19)16-6-4-5-7-18(16)28-3/h4-12H,1-3H3. The van der Waals surface area contributed by atoms with Gasteiger partial charge in [0.05, 0.1) is 29.9 Å². The van der Waals surface area contributed by atoms with Gasteiger partial charge in [0.15, 0.2) is 17.1 Å². The molecule has 0 aliphatic rings. The predicted octanol–water partition coefficient (Wildman–Crippen LogP) is 3.76. The molecule has 2 aromatic carbocycles. The Labute approximate surface area is 161 Å². The highest BCUT2D eigenvalue weighted by Gasteiger charge is 2.17. The van der Waals surface area contributed by atoms with Gasteiger partial charge < -0.3 is 4.74 Å². The summed E-state index contributed by atoms with van der Waals surface area (Å²) in [5.41, 5.74) is 5.74. The predicted molar refractivity (Wildman–Crippen MR) is 107 cm³/mol. The maximum absolute atomic E-state index is 5.47. The lowest BCUT2D eigenvalue weighted by molar-refractivity contribution is 0.416. The number of nitrogens with zero attached hydrogens (tertiary/aromatic N) is 6. The van der Waals surface area contributed by atoms with Crippen LogP contribution >= 0.6 is 0 Å². The summed E-state index contributed by atoms with van der Waals surface area (Å²) in [7, 11) is 1.64. The zero-order valence-electron chi connectivity index (χ0n) is 15.8. The fraction of sp³-hybridized carbons (Fsp3) is 0.143. The maximum Gasteiger partial charge on any atom is 0.175 e. The van der Waals surface area contributed by atoms with E-state index >= 15 is 0 Å². The van der Waals surface area contributed by atoms with E-state index in [1.165, 1.54) is 11.1 Å². The van der Waals surface area contributed by atoms with Gasteiger partial charge in [0.2, 0.25) is 0 Å². The fourth-order valence-electron chi connectivity index (χ4n) is 3.38. The van der Waals surface area contributed by atoms with Crippen LogP contribution in [0.4, 0.5) is 0 Å². The van der Waals surface area contributed by atoms with Crippen molar-refractivity contribution in [3.8, 4) is 22.8 Å². The average molecular weight is 370 g/mol. The third kappa shape index (κ3) is 2.36. The van der Waals surface area contributed by atoms with E-state index in [0.29, 0.717) is 11.5 Å². The molecule has 0 unspecified atom stereocenters. The van der Waals surface area contributed by atoms with Crippen LogP contribution in [0.3, 0.4) is 0 Å². The number of fused-ring (bicyclic) bond motifs is 3.